The molecule has 0 saturated carbocycles. The zero-order valence-electron chi connectivity index (χ0n) is 11.5. The van der Waals surface area contributed by atoms with Crippen molar-refractivity contribution in [2.75, 3.05) is 6.54 Å². The van der Waals surface area contributed by atoms with E-state index in [0.29, 0.717) is 6.54 Å². The first kappa shape index (κ1) is 13.6. The topological polar surface area (TPSA) is 48.1 Å². The summed E-state index contributed by atoms with van der Waals surface area (Å²) in [6.07, 6.45) is 2.60. The van der Waals surface area contributed by atoms with Crippen molar-refractivity contribution in [1.29, 1.82) is 0 Å². The van der Waals surface area contributed by atoms with Gasteiger partial charge < -0.3 is 10.5 Å². The van der Waals surface area contributed by atoms with Gasteiger partial charge in [0.2, 0.25) is 0 Å². The lowest BCUT2D eigenvalue weighted by atomic mass is 10.0. The van der Waals surface area contributed by atoms with Crippen molar-refractivity contribution < 1.29 is 4.74 Å². The maximum absolute atomic E-state index is 6.15. The van der Waals surface area contributed by atoms with E-state index >= 15 is 0 Å². The first-order chi connectivity index (χ1) is 9.13. The molecule has 0 unspecified atom stereocenters. The van der Waals surface area contributed by atoms with Crippen LogP contribution in [0.2, 0.25) is 0 Å². The van der Waals surface area contributed by atoms with E-state index in [1.807, 2.05) is 50.2 Å². The number of nitrogens with zero attached hydrogens (tertiary/aromatic N) is 1. The third-order valence-corrected chi connectivity index (χ3v) is 3.03. The molecule has 2 aromatic rings. The van der Waals surface area contributed by atoms with Crippen molar-refractivity contribution in [3.8, 4) is 5.75 Å². The third kappa shape index (κ3) is 3.32. The predicted octanol–water partition coefficient (Wildman–Crippen LogP) is 2.90. The summed E-state index contributed by atoms with van der Waals surface area (Å²) in [6, 6.07) is 13.9. The van der Waals surface area contributed by atoms with Gasteiger partial charge in [0.15, 0.2) is 0 Å². The Morgan fingerprint density at radius 3 is 2.53 bits per heavy atom. The predicted molar refractivity (Wildman–Crippen MR) is 77.1 cm³/mol. The number of nitrogens with two attached hydrogens (primary N) is 1. The molecule has 0 bridgehead atoms. The minimum atomic E-state index is -0.466. The lowest BCUT2D eigenvalue weighted by Crippen LogP contribution is -2.27. The Kier molecular flexibility index (Phi) is 4.17. The maximum atomic E-state index is 6.15. The molecule has 100 valence electrons. The Balaban J connectivity index is 2.25. The van der Waals surface area contributed by atoms with E-state index in [-0.39, 0.29) is 0 Å². The SMILES string of the molecule is CC(C)(Oc1ccccc1CCN)c1ccccn1. The van der Waals surface area contributed by atoms with Crippen LogP contribution in [0.25, 0.3) is 0 Å². The average Bonchev–Trinajstić information content (AvgIpc) is 2.42. The minimum absolute atomic E-state index is 0.466. The maximum Gasteiger partial charge on any atom is 0.145 e. The molecule has 0 aliphatic rings. The van der Waals surface area contributed by atoms with E-state index in [0.717, 1.165) is 23.4 Å². The molecule has 0 amide bonds. The van der Waals surface area contributed by atoms with E-state index in [4.69, 9.17) is 10.5 Å². The van der Waals surface area contributed by atoms with Gasteiger partial charge in [0.1, 0.15) is 11.4 Å². The minimum Gasteiger partial charge on any atom is -0.481 e. The molecule has 2 N–H and O–H groups in total. The summed E-state index contributed by atoms with van der Waals surface area (Å²) >= 11 is 0. The first-order valence-corrected chi connectivity index (χ1v) is 6.52. The van der Waals surface area contributed by atoms with Crippen LogP contribution in [0.5, 0.6) is 5.75 Å². The Morgan fingerprint density at radius 2 is 1.84 bits per heavy atom. The second-order valence-corrected chi connectivity index (χ2v) is 4.97. The smallest absolute Gasteiger partial charge is 0.145 e. The van der Waals surface area contributed by atoms with Crippen LogP contribution in [0.1, 0.15) is 25.1 Å². The zero-order valence-corrected chi connectivity index (χ0v) is 11.5. The van der Waals surface area contributed by atoms with Crippen LogP contribution in [0.4, 0.5) is 0 Å². The number of ether oxygens (including phenoxy) is 1. The Labute approximate surface area is 114 Å². The average molecular weight is 256 g/mol. The second kappa shape index (κ2) is 5.85. The standard InChI is InChI=1S/C16H20N2O/c1-16(2,15-9-5-6-12-18-15)19-14-8-4-3-7-13(14)10-11-17/h3-9,12H,10-11,17H2,1-2H3. The van der Waals surface area contributed by atoms with Crippen LogP contribution in [-0.2, 0) is 12.0 Å². The van der Waals surface area contributed by atoms with E-state index < -0.39 is 5.60 Å². The Bertz CT molecular complexity index is 523. The number of para-hydroxylation sites is 1. The zero-order chi connectivity index (χ0) is 13.7. The highest BCUT2D eigenvalue weighted by molar-refractivity contribution is 5.34. The molecule has 1 heterocycles. The number of aromatic nitrogens is 1. The normalized spacial score (nSPS) is 11.3. The van der Waals surface area contributed by atoms with Crippen LogP contribution >= 0.6 is 0 Å². The van der Waals surface area contributed by atoms with Crippen molar-refractivity contribution >= 4 is 0 Å². The van der Waals surface area contributed by atoms with E-state index in [1.165, 1.54) is 0 Å². The molecule has 0 aliphatic carbocycles. The van der Waals surface area contributed by atoms with Gasteiger partial charge in [-0.25, -0.2) is 0 Å². The number of pyridine rings is 1. The van der Waals surface area contributed by atoms with E-state index in [2.05, 4.69) is 11.1 Å². The summed E-state index contributed by atoms with van der Waals surface area (Å²) in [4.78, 5) is 4.37. The van der Waals surface area contributed by atoms with Gasteiger partial charge in [0, 0.05) is 6.20 Å². The summed E-state index contributed by atoms with van der Waals surface area (Å²) in [5.74, 6) is 0.878. The van der Waals surface area contributed by atoms with Gasteiger partial charge in [0.05, 0.1) is 5.69 Å². The molecule has 1 aromatic carbocycles. The summed E-state index contributed by atoms with van der Waals surface area (Å²) in [7, 11) is 0. The fraction of sp³-hybridized carbons (Fsp3) is 0.312. The van der Waals surface area contributed by atoms with Gasteiger partial charge in [-0.05, 0) is 50.6 Å². The van der Waals surface area contributed by atoms with Gasteiger partial charge in [-0.1, -0.05) is 24.3 Å². The van der Waals surface area contributed by atoms with Crippen LogP contribution in [-0.4, -0.2) is 11.5 Å². The molecule has 3 heteroatoms. The second-order valence-electron chi connectivity index (χ2n) is 4.97. The fourth-order valence-corrected chi connectivity index (χ4v) is 2.01. The van der Waals surface area contributed by atoms with Gasteiger partial charge in [0.25, 0.3) is 0 Å². The van der Waals surface area contributed by atoms with E-state index in [1.54, 1.807) is 6.20 Å². The first-order valence-electron chi connectivity index (χ1n) is 6.52. The number of hydrogen-bond acceptors (Lipinski definition) is 3. The van der Waals surface area contributed by atoms with Crippen LogP contribution in [0.15, 0.2) is 48.7 Å². The fourth-order valence-electron chi connectivity index (χ4n) is 2.01. The highest BCUT2D eigenvalue weighted by Gasteiger charge is 2.24. The number of benzene rings is 1. The molecule has 0 atom stereocenters. The van der Waals surface area contributed by atoms with Crippen molar-refractivity contribution in [2.24, 2.45) is 5.73 Å². The molecule has 0 spiro atoms. The van der Waals surface area contributed by atoms with Gasteiger partial charge >= 0.3 is 0 Å². The lowest BCUT2D eigenvalue weighted by molar-refractivity contribution is 0.102. The summed E-state index contributed by atoms with van der Waals surface area (Å²) < 4.78 is 6.15. The lowest BCUT2D eigenvalue weighted by Gasteiger charge is -2.27. The van der Waals surface area contributed by atoms with Crippen molar-refractivity contribution in [2.45, 2.75) is 25.9 Å². The molecular weight excluding hydrogens is 236 g/mol. The largest absolute Gasteiger partial charge is 0.481 e. The van der Waals surface area contributed by atoms with E-state index in [9.17, 15) is 0 Å². The molecule has 3 nitrogen and oxygen atoms in total. The molecule has 1 aromatic heterocycles. The molecule has 0 fully saturated rings. The summed E-state index contributed by atoms with van der Waals surface area (Å²) in [5, 5.41) is 0. The van der Waals surface area contributed by atoms with Gasteiger partial charge in [-0.2, -0.15) is 0 Å². The molecule has 2 rings (SSSR count). The molecule has 0 saturated heterocycles. The number of hydrogen-bond donors (Lipinski definition) is 1. The van der Waals surface area contributed by atoms with Crippen LogP contribution in [0.3, 0.4) is 0 Å². The Morgan fingerprint density at radius 1 is 1.11 bits per heavy atom. The van der Waals surface area contributed by atoms with Gasteiger partial charge in [-0.15, -0.1) is 0 Å². The molecule has 19 heavy (non-hydrogen) atoms. The highest BCUT2D eigenvalue weighted by atomic mass is 16.5. The Hall–Kier alpha value is -1.87. The van der Waals surface area contributed by atoms with Gasteiger partial charge in [-0.3, -0.25) is 4.98 Å². The quantitative estimate of drug-likeness (QED) is 0.894. The van der Waals surface area contributed by atoms with Crippen LogP contribution < -0.4 is 10.5 Å². The van der Waals surface area contributed by atoms with Crippen molar-refractivity contribution in [3.63, 3.8) is 0 Å². The summed E-state index contributed by atoms with van der Waals surface area (Å²) in [5.41, 5.74) is 7.22. The third-order valence-electron chi connectivity index (χ3n) is 3.03. The molecule has 0 radical (unpaired) electrons. The number of rotatable bonds is 5. The molecular formula is C16H20N2O. The summed E-state index contributed by atoms with van der Waals surface area (Å²) in [6.45, 7) is 4.66. The van der Waals surface area contributed by atoms with Crippen molar-refractivity contribution in [3.05, 3.63) is 59.9 Å². The molecule has 0 aliphatic heterocycles. The highest BCUT2D eigenvalue weighted by Crippen LogP contribution is 2.28. The van der Waals surface area contributed by atoms with Crippen molar-refractivity contribution in [1.82, 2.24) is 4.98 Å². The monoisotopic (exact) mass is 256 g/mol. The van der Waals surface area contributed by atoms with Crippen LogP contribution in [0, 0.1) is 0 Å².